The molecule has 0 bridgehead atoms. The van der Waals surface area contributed by atoms with E-state index in [2.05, 4.69) is 98.2 Å². The maximum Gasteiger partial charge on any atom is 0.472 e. The van der Waals surface area contributed by atoms with Crippen LogP contribution in [0.1, 0.15) is 181 Å². The summed E-state index contributed by atoms with van der Waals surface area (Å²) in [7, 11) is -4.44. The molecule has 1 amide bonds. The number of unbranched alkanes of at least 4 members (excludes halogenated alkanes) is 15. The van der Waals surface area contributed by atoms with E-state index in [-0.39, 0.29) is 32.1 Å². The van der Waals surface area contributed by atoms with Gasteiger partial charge in [0, 0.05) is 19.4 Å². The quantitative estimate of drug-likeness (QED) is 0.0240. The van der Waals surface area contributed by atoms with Gasteiger partial charge in [-0.25, -0.2) is 4.57 Å². The summed E-state index contributed by atoms with van der Waals surface area (Å²) in [6.45, 7) is 3.42. The van der Waals surface area contributed by atoms with Gasteiger partial charge in [-0.1, -0.05) is 163 Å². The standard InChI is InChI=1S/C49H84NO8P/c1-3-5-7-9-11-13-15-17-19-21-22-23-24-26-27-29-31-33-35-37-39-41-48(52)50-43-44-57-59(54,55)58-46-47(51)45-56-49(53)42-40-38-36-34-32-30-28-25-20-18-16-14-12-10-8-6-4-2/h11-14,17-20,22-23,28,30,34,36,47,51H,3-10,15-16,21,24-27,29,31-33,35,37-46H2,1-2H3,(H,50,52)(H,54,55)/b13-11-,14-12-,19-17-,20-18-,23-22-,30-28-,36-34-. The average Bonchev–Trinajstić information content (AvgIpc) is 3.22. The molecule has 0 aliphatic carbocycles. The molecule has 10 heteroatoms. The molecule has 3 N–H and O–H groups in total. The van der Waals surface area contributed by atoms with Crippen LogP contribution in [0.25, 0.3) is 0 Å². The van der Waals surface area contributed by atoms with Gasteiger partial charge < -0.3 is 20.1 Å². The molecular formula is C49H84NO8P. The number of hydrogen-bond donors (Lipinski definition) is 3. The van der Waals surface area contributed by atoms with Crippen molar-refractivity contribution in [1.82, 2.24) is 5.32 Å². The summed E-state index contributed by atoms with van der Waals surface area (Å²) in [6.07, 6.45) is 56.6. The molecular weight excluding hydrogens is 762 g/mol. The Bertz CT molecular complexity index is 1240. The van der Waals surface area contributed by atoms with Crippen molar-refractivity contribution >= 4 is 19.7 Å². The first-order valence-corrected chi connectivity index (χ1v) is 24.6. The first kappa shape index (κ1) is 56.2. The van der Waals surface area contributed by atoms with E-state index >= 15 is 0 Å². The summed E-state index contributed by atoms with van der Waals surface area (Å²) >= 11 is 0. The number of allylic oxidation sites excluding steroid dienone is 14. The lowest BCUT2D eigenvalue weighted by molar-refractivity contribution is -0.147. The van der Waals surface area contributed by atoms with E-state index in [1.165, 1.54) is 83.5 Å². The fourth-order valence-electron chi connectivity index (χ4n) is 5.79. The number of amides is 1. The van der Waals surface area contributed by atoms with Gasteiger partial charge in [-0.15, -0.1) is 0 Å². The van der Waals surface area contributed by atoms with Crippen LogP contribution in [0.2, 0.25) is 0 Å². The van der Waals surface area contributed by atoms with Crippen LogP contribution in [0.5, 0.6) is 0 Å². The SMILES string of the molecule is CCCCC/C=C\C/C=C\C/C=C\C/C=C\CCCC(=O)OCC(O)COP(=O)(O)OCCNC(=O)CCCCCCCCCC/C=C\C/C=C\C/C=C\CCCCC. The van der Waals surface area contributed by atoms with Crippen LogP contribution >= 0.6 is 7.82 Å². The van der Waals surface area contributed by atoms with E-state index in [9.17, 15) is 24.2 Å². The molecule has 0 aromatic heterocycles. The Labute approximate surface area is 360 Å². The van der Waals surface area contributed by atoms with Gasteiger partial charge >= 0.3 is 13.8 Å². The Hall–Kier alpha value is -2.81. The summed E-state index contributed by atoms with van der Waals surface area (Å²) in [5.41, 5.74) is 0. The normalized spacial score (nSPS) is 14.0. The minimum atomic E-state index is -4.44. The second kappa shape index (κ2) is 44.7. The summed E-state index contributed by atoms with van der Waals surface area (Å²) in [5, 5.41) is 12.7. The van der Waals surface area contributed by atoms with Crippen LogP contribution in [-0.2, 0) is 27.9 Å². The van der Waals surface area contributed by atoms with E-state index in [1.807, 2.05) is 6.08 Å². The topological polar surface area (TPSA) is 131 Å². The van der Waals surface area contributed by atoms with Crippen molar-refractivity contribution in [2.45, 2.75) is 187 Å². The van der Waals surface area contributed by atoms with E-state index in [0.29, 0.717) is 12.8 Å². The number of aliphatic hydroxyl groups excluding tert-OH is 1. The number of phosphoric acid groups is 1. The fourth-order valence-corrected chi connectivity index (χ4v) is 6.55. The maximum atomic E-state index is 12.1. The molecule has 59 heavy (non-hydrogen) atoms. The first-order valence-electron chi connectivity index (χ1n) is 23.1. The van der Waals surface area contributed by atoms with Crippen molar-refractivity contribution < 1.29 is 37.9 Å². The Kier molecular flexibility index (Phi) is 42.6. The van der Waals surface area contributed by atoms with Crippen LogP contribution in [0, 0.1) is 0 Å². The molecule has 2 unspecified atom stereocenters. The number of aliphatic hydroxyl groups is 1. The lowest BCUT2D eigenvalue weighted by atomic mass is 10.1. The van der Waals surface area contributed by atoms with Crippen molar-refractivity contribution in [3.8, 4) is 0 Å². The van der Waals surface area contributed by atoms with Crippen molar-refractivity contribution in [1.29, 1.82) is 0 Å². The second-order valence-corrected chi connectivity index (χ2v) is 16.5. The maximum absolute atomic E-state index is 12.1. The minimum Gasteiger partial charge on any atom is -0.463 e. The predicted octanol–water partition coefficient (Wildman–Crippen LogP) is 13.2. The molecule has 338 valence electrons. The second-order valence-electron chi connectivity index (χ2n) is 15.0. The molecule has 0 fully saturated rings. The lowest BCUT2D eigenvalue weighted by Crippen LogP contribution is -2.27. The van der Waals surface area contributed by atoms with E-state index < -0.39 is 26.5 Å². The highest BCUT2D eigenvalue weighted by Gasteiger charge is 2.23. The number of ether oxygens (including phenoxy) is 1. The summed E-state index contributed by atoms with van der Waals surface area (Å²) < 4.78 is 26.9. The monoisotopic (exact) mass is 846 g/mol. The third-order valence-corrected chi connectivity index (χ3v) is 10.3. The van der Waals surface area contributed by atoms with E-state index in [4.69, 9.17) is 13.8 Å². The molecule has 0 aromatic rings. The number of esters is 1. The zero-order valence-electron chi connectivity index (χ0n) is 37.2. The molecule has 0 saturated heterocycles. The molecule has 0 saturated carbocycles. The number of carbonyl (C=O) groups is 2. The van der Waals surface area contributed by atoms with Gasteiger partial charge in [-0.2, -0.15) is 0 Å². The van der Waals surface area contributed by atoms with Crippen molar-refractivity contribution in [2.75, 3.05) is 26.4 Å². The Morgan fingerprint density at radius 3 is 1.41 bits per heavy atom. The van der Waals surface area contributed by atoms with Gasteiger partial charge in [0.25, 0.3) is 0 Å². The minimum absolute atomic E-state index is 0.0662. The number of nitrogens with one attached hydrogen (secondary N) is 1. The fraction of sp³-hybridized carbons (Fsp3) is 0.673. The summed E-state index contributed by atoms with van der Waals surface area (Å²) in [5.74, 6) is -0.586. The van der Waals surface area contributed by atoms with Crippen molar-refractivity contribution in [3.63, 3.8) is 0 Å². The van der Waals surface area contributed by atoms with Gasteiger partial charge in [0.2, 0.25) is 5.91 Å². The van der Waals surface area contributed by atoms with Gasteiger partial charge in [0.15, 0.2) is 0 Å². The van der Waals surface area contributed by atoms with E-state index in [1.54, 1.807) is 0 Å². The molecule has 0 aliphatic heterocycles. The third-order valence-electron chi connectivity index (χ3n) is 9.30. The van der Waals surface area contributed by atoms with Gasteiger partial charge in [0.1, 0.15) is 12.7 Å². The molecule has 0 aromatic carbocycles. The smallest absolute Gasteiger partial charge is 0.463 e. The van der Waals surface area contributed by atoms with Gasteiger partial charge in [0.05, 0.1) is 13.2 Å². The summed E-state index contributed by atoms with van der Waals surface area (Å²) in [4.78, 5) is 33.9. The third kappa shape index (κ3) is 46.1. The van der Waals surface area contributed by atoms with Crippen LogP contribution < -0.4 is 5.32 Å². The van der Waals surface area contributed by atoms with Crippen LogP contribution in [-0.4, -0.2) is 54.3 Å². The van der Waals surface area contributed by atoms with E-state index in [0.717, 1.165) is 64.2 Å². The van der Waals surface area contributed by atoms with Crippen molar-refractivity contribution in [3.05, 3.63) is 85.1 Å². The molecule has 0 rings (SSSR count). The average molecular weight is 846 g/mol. The highest BCUT2D eigenvalue weighted by molar-refractivity contribution is 7.47. The Morgan fingerprint density at radius 1 is 0.525 bits per heavy atom. The number of carbonyl (C=O) groups excluding carboxylic acids is 2. The molecule has 0 aliphatic rings. The zero-order chi connectivity index (χ0) is 43.2. The Morgan fingerprint density at radius 2 is 0.932 bits per heavy atom. The van der Waals surface area contributed by atoms with Crippen LogP contribution in [0.3, 0.4) is 0 Å². The molecule has 0 heterocycles. The highest BCUT2D eigenvalue weighted by atomic mass is 31.2. The largest absolute Gasteiger partial charge is 0.472 e. The Balaban J connectivity index is 3.68. The lowest BCUT2D eigenvalue weighted by Gasteiger charge is -2.15. The molecule has 0 radical (unpaired) electrons. The highest BCUT2D eigenvalue weighted by Crippen LogP contribution is 2.42. The molecule has 2 atom stereocenters. The first-order chi connectivity index (χ1) is 28.8. The van der Waals surface area contributed by atoms with Gasteiger partial charge in [-0.3, -0.25) is 18.6 Å². The summed E-state index contributed by atoms with van der Waals surface area (Å²) in [6, 6.07) is 0. The number of rotatable bonds is 42. The number of hydrogen-bond acceptors (Lipinski definition) is 7. The van der Waals surface area contributed by atoms with Crippen LogP contribution in [0.4, 0.5) is 0 Å². The predicted molar refractivity (Wildman–Crippen MR) is 247 cm³/mol. The number of phosphoric ester groups is 1. The molecule has 9 nitrogen and oxygen atoms in total. The van der Waals surface area contributed by atoms with Crippen LogP contribution in [0.15, 0.2) is 85.1 Å². The molecule has 0 spiro atoms. The van der Waals surface area contributed by atoms with Crippen molar-refractivity contribution in [2.24, 2.45) is 0 Å². The van der Waals surface area contributed by atoms with Gasteiger partial charge in [-0.05, 0) is 89.9 Å². The zero-order valence-corrected chi connectivity index (χ0v) is 38.1.